The lowest BCUT2D eigenvalue weighted by Crippen LogP contribution is -2.45. The number of aryl methyl sites for hydroxylation is 1. The zero-order valence-corrected chi connectivity index (χ0v) is 12.3. The van der Waals surface area contributed by atoms with Gasteiger partial charge in [0.25, 0.3) is 5.91 Å². The first-order valence-corrected chi connectivity index (χ1v) is 7.26. The molecule has 0 radical (unpaired) electrons. The number of carbonyl (C=O) groups excluding carboxylic acids is 1. The molecule has 1 aromatic carbocycles. The Kier molecular flexibility index (Phi) is 4.33. The van der Waals surface area contributed by atoms with Crippen LogP contribution in [0.5, 0.6) is 0 Å². The molecule has 1 aliphatic carbocycles. The van der Waals surface area contributed by atoms with Crippen molar-refractivity contribution >= 4 is 11.6 Å². The molecule has 0 aromatic heterocycles. The zero-order valence-electron chi connectivity index (χ0n) is 12.3. The lowest BCUT2D eigenvalue weighted by molar-refractivity contribution is -0.00539. The van der Waals surface area contributed by atoms with Gasteiger partial charge in [-0.3, -0.25) is 4.79 Å². The molecular formula is C16H24N2O2. The number of rotatable bonds is 3. The largest absolute Gasteiger partial charge is 0.399 e. The predicted molar refractivity (Wildman–Crippen MR) is 80.5 cm³/mol. The molecule has 0 bridgehead atoms. The number of anilines is 1. The summed E-state index contributed by atoms with van der Waals surface area (Å²) < 4.78 is 0. The summed E-state index contributed by atoms with van der Waals surface area (Å²) in [5.74, 6) is 0.495. The monoisotopic (exact) mass is 276 g/mol. The third-order valence-corrected chi connectivity index (χ3v) is 4.14. The van der Waals surface area contributed by atoms with E-state index >= 15 is 0 Å². The number of carbonyl (C=O) groups is 1. The minimum absolute atomic E-state index is 0.174. The molecular weight excluding hydrogens is 252 g/mol. The van der Waals surface area contributed by atoms with Gasteiger partial charge < -0.3 is 16.2 Å². The molecule has 4 heteroatoms. The van der Waals surface area contributed by atoms with Crippen molar-refractivity contribution in [1.82, 2.24) is 5.32 Å². The Bertz CT molecular complexity index is 471. The molecule has 0 atom stereocenters. The summed E-state index contributed by atoms with van der Waals surface area (Å²) >= 11 is 0. The lowest BCUT2D eigenvalue weighted by atomic mass is 9.79. The molecule has 0 unspecified atom stereocenters. The van der Waals surface area contributed by atoms with Gasteiger partial charge in [0.05, 0.1) is 5.60 Å². The first-order chi connectivity index (χ1) is 9.38. The quantitative estimate of drug-likeness (QED) is 0.741. The van der Waals surface area contributed by atoms with Gasteiger partial charge >= 0.3 is 0 Å². The fourth-order valence-electron chi connectivity index (χ4n) is 2.77. The average Bonchev–Trinajstić information content (AvgIpc) is 2.39. The Labute approximate surface area is 120 Å². The van der Waals surface area contributed by atoms with E-state index in [9.17, 15) is 9.90 Å². The molecule has 110 valence electrons. The molecule has 0 heterocycles. The van der Waals surface area contributed by atoms with E-state index in [1.54, 1.807) is 12.1 Å². The Morgan fingerprint density at radius 3 is 2.65 bits per heavy atom. The summed E-state index contributed by atoms with van der Waals surface area (Å²) in [6, 6.07) is 5.29. The van der Waals surface area contributed by atoms with Gasteiger partial charge in [0.1, 0.15) is 0 Å². The van der Waals surface area contributed by atoms with Crippen LogP contribution in [0.4, 0.5) is 5.69 Å². The number of hydrogen-bond donors (Lipinski definition) is 3. The molecule has 2 rings (SSSR count). The van der Waals surface area contributed by atoms with Crippen LogP contribution in [0.2, 0.25) is 0 Å². The molecule has 1 saturated carbocycles. The Morgan fingerprint density at radius 2 is 2.05 bits per heavy atom. The van der Waals surface area contributed by atoms with Crippen molar-refractivity contribution in [3.8, 4) is 0 Å². The number of hydrogen-bond acceptors (Lipinski definition) is 3. The Hall–Kier alpha value is -1.55. The van der Waals surface area contributed by atoms with E-state index in [4.69, 9.17) is 5.73 Å². The van der Waals surface area contributed by atoms with Crippen molar-refractivity contribution in [2.75, 3.05) is 12.3 Å². The van der Waals surface area contributed by atoms with Gasteiger partial charge in [0.15, 0.2) is 0 Å². The lowest BCUT2D eigenvalue weighted by Gasteiger charge is -2.34. The highest BCUT2D eigenvalue weighted by Crippen LogP contribution is 2.31. The summed E-state index contributed by atoms with van der Waals surface area (Å²) in [5.41, 5.74) is 7.09. The van der Waals surface area contributed by atoms with Crippen LogP contribution in [0.25, 0.3) is 0 Å². The Morgan fingerprint density at radius 1 is 1.40 bits per heavy atom. The van der Waals surface area contributed by atoms with Crippen molar-refractivity contribution in [2.45, 2.75) is 45.1 Å². The maximum Gasteiger partial charge on any atom is 0.251 e. The van der Waals surface area contributed by atoms with Gasteiger partial charge in [-0.05, 0) is 62.3 Å². The minimum Gasteiger partial charge on any atom is -0.399 e. The molecule has 20 heavy (non-hydrogen) atoms. The summed E-state index contributed by atoms with van der Waals surface area (Å²) in [4.78, 5) is 12.1. The number of nitrogen functional groups attached to an aromatic ring is 1. The second-order valence-corrected chi connectivity index (χ2v) is 6.22. The smallest absolute Gasteiger partial charge is 0.251 e. The number of amides is 1. The molecule has 4 nitrogen and oxygen atoms in total. The fraction of sp³-hybridized carbons (Fsp3) is 0.562. The van der Waals surface area contributed by atoms with Gasteiger partial charge in [-0.2, -0.15) is 0 Å². The highest BCUT2D eigenvalue weighted by Gasteiger charge is 2.32. The van der Waals surface area contributed by atoms with E-state index in [0.717, 1.165) is 31.2 Å². The van der Waals surface area contributed by atoms with Crippen LogP contribution in [-0.2, 0) is 0 Å². The standard InChI is InChI=1S/C16H24N2O2/c1-11-3-5-16(20,6-4-11)10-18-15(19)13-7-12(2)8-14(17)9-13/h7-9,11,20H,3-6,10,17H2,1-2H3,(H,18,19). The van der Waals surface area contributed by atoms with Crippen LogP contribution in [0, 0.1) is 12.8 Å². The average molecular weight is 276 g/mol. The first kappa shape index (κ1) is 14.9. The second kappa shape index (κ2) is 5.83. The van der Waals surface area contributed by atoms with Gasteiger partial charge in [-0.15, -0.1) is 0 Å². The van der Waals surface area contributed by atoms with Gasteiger partial charge in [-0.25, -0.2) is 0 Å². The molecule has 1 amide bonds. The van der Waals surface area contributed by atoms with Crippen molar-refractivity contribution in [1.29, 1.82) is 0 Å². The summed E-state index contributed by atoms with van der Waals surface area (Å²) in [7, 11) is 0. The van der Waals surface area contributed by atoms with Gasteiger partial charge in [0, 0.05) is 17.8 Å². The molecule has 1 fully saturated rings. The highest BCUT2D eigenvalue weighted by atomic mass is 16.3. The third-order valence-electron chi connectivity index (χ3n) is 4.14. The summed E-state index contributed by atoms with van der Waals surface area (Å²) in [6.07, 6.45) is 3.54. The van der Waals surface area contributed by atoms with Crippen molar-refractivity contribution in [3.05, 3.63) is 29.3 Å². The minimum atomic E-state index is -0.752. The molecule has 0 saturated heterocycles. The van der Waals surface area contributed by atoms with Crippen LogP contribution in [-0.4, -0.2) is 23.2 Å². The third kappa shape index (κ3) is 3.73. The van der Waals surface area contributed by atoms with Crippen molar-refractivity contribution in [3.63, 3.8) is 0 Å². The summed E-state index contributed by atoms with van der Waals surface area (Å²) in [6.45, 7) is 4.42. The number of nitrogens with two attached hydrogens (primary N) is 1. The molecule has 0 spiro atoms. The van der Waals surface area contributed by atoms with Crippen LogP contribution >= 0.6 is 0 Å². The van der Waals surface area contributed by atoms with Crippen LogP contribution in [0.1, 0.15) is 48.5 Å². The predicted octanol–water partition coefficient (Wildman–Crippen LogP) is 2.25. The van der Waals surface area contributed by atoms with E-state index in [1.807, 2.05) is 13.0 Å². The van der Waals surface area contributed by atoms with E-state index in [0.29, 0.717) is 23.7 Å². The number of benzene rings is 1. The van der Waals surface area contributed by atoms with Crippen LogP contribution < -0.4 is 11.1 Å². The fourth-order valence-corrected chi connectivity index (χ4v) is 2.77. The highest BCUT2D eigenvalue weighted by molar-refractivity contribution is 5.95. The number of aliphatic hydroxyl groups is 1. The van der Waals surface area contributed by atoms with E-state index in [1.165, 1.54) is 0 Å². The van der Waals surface area contributed by atoms with Crippen molar-refractivity contribution in [2.24, 2.45) is 5.92 Å². The van der Waals surface area contributed by atoms with E-state index in [-0.39, 0.29) is 5.91 Å². The van der Waals surface area contributed by atoms with Gasteiger partial charge in [-0.1, -0.05) is 6.92 Å². The zero-order chi connectivity index (χ0) is 14.8. The molecule has 1 aromatic rings. The van der Waals surface area contributed by atoms with E-state index in [2.05, 4.69) is 12.2 Å². The molecule has 0 aliphatic heterocycles. The SMILES string of the molecule is Cc1cc(N)cc(C(=O)NCC2(O)CCC(C)CC2)c1. The molecule has 1 aliphatic rings. The summed E-state index contributed by atoms with van der Waals surface area (Å²) in [5, 5.41) is 13.3. The Balaban J connectivity index is 1.95. The van der Waals surface area contributed by atoms with Gasteiger partial charge in [0.2, 0.25) is 0 Å². The topological polar surface area (TPSA) is 75.4 Å². The van der Waals surface area contributed by atoms with Crippen LogP contribution in [0.15, 0.2) is 18.2 Å². The first-order valence-electron chi connectivity index (χ1n) is 7.26. The maximum atomic E-state index is 12.1. The maximum absolute atomic E-state index is 12.1. The number of nitrogens with one attached hydrogen (secondary N) is 1. The second-order valence-electron chi connectivity index (χ2n) is 6.22. The van der Waals surface area contributed by atoms with Crippen LogP contribution in [0.3, 0.4) is 0 Å². The normalized spacial score (nSPS) is 26.2. The van der Waals surface area contributed by atoms with Crippen molar-refractivity contribution < 1.29 is 9.90 Å². The molecule has 4 N–H and O–H groups in total. The van der Waals surface area contributed by atoms with E-state index < -0.39 is 5.60 Å².